The van der Waals surface area contributed by atoms with E-state index in [4.69, 9.17) is 10.3 Å². The van der Waals surface area contributed by atoms with Crippen molar-refractivity contribution in [1.82, 2.24) is 10.3 Å². The van der Waals surface area contributed by atoms with E-state index in [-0.39, 0.29) is 11.9 Å². The highest BCUT2D eigenvalue weighted by Crippen LogP contribution is 2.14. The Morgan fingerprint density at radius 2 is 2.26 bits per heavy atom. The van der Waals surface area contributed by atoms with Gasteiger partial charge in [0.15, 0.2) is 0 Å². The second-order valence-electron chi connectivity index (χ2n) is 4.24. The number of anilines is 1. The summed E-state index contributed by atoms with van der Waals surface area (Å²) in [4.78, 5) is 16.3. The molecule has 0 aliphatic heterocycles. The van der Waals surface area contributed by atoms with Gasteiger partial charge >= 0.3 is 0 Å². The first-order valence-corrected chi connectivity index (χ1v) is 5.89. The summed E-state index contributed by atoms with van der Waals surface area (Å²) in [6, 6.07) is 6.69. The third-order valence-electron chi connectivity index (χ3n) is 2.68. The molecule has 100 valence electrons. The van der Waals surface area contributed by atoms with Crippen molar-refractivity contribution in [3.05, 3.63) is 47.5 Å². The zero-order valence-corrected chi connectivity index (χ0v) is 10.8. The van der Waals surface area contributed by atoms with Crippen LogP contribution >= 0.6 is 0 Å². The fourth-order valence-electron chi connectivity index (χ4n) is 1.76. The van der Waals surface area contributed by atoms with Crippen molar-refractivity contribution >= 4 is 11.7 Å². The standard InChI is InChI=1S/C13H16N4O2/c1-8-6-10(7-12(15-8)17-14)13(18)16-9(2)11-4-3-5-19-11/h3-7,9H,14H2,1-2H3,(H,15,17)(H,16,18). The molecule has 0 radical (unpaired) electrons. The number of rotatable bonds is 4. The lowest BCUT2D eigenvalue weighted by Gasteiger charge is -2.12. The lowest BCUT2D eigenvalue weighted by Crippen LogP contribution is -2.26. The van der Waals surface area contributed by atoms with Gasteiger partial charge in [0, 0.05) is 11.3 Å². The highest BCUT2D eigenvalue weighted by atomic mass is 16.3. The number of carbonyl (C=O) groups excluding carboxylic acids is 1. The molecule has 0 spiro atoms. The minimum Gasteiger partial charge on any atom is -0.467 e. The van der Waals surface area contributed by atoms with Gasteiger partial charge in [-0.1, -0.05) is 0 Å². The number of amides is 1. The third kappa shape index (κ3) is 3.11. The minimum absolute atomic E-state index is 0.203. The number of hydrogen-bond acceptors (Lipinski definition) is 5. The van der Waals surface area contributed by atoms with E-state index in [1.807, 2.05) is 13.0 Å². The Bertz CT molecular complexity index is 566. The number of nitrogens with one attached hydrogen (secondary N) is 2. The Hall–Kier alpha value is -2.34. The third-order valence-corrected chi connectivity index (χ3v) is 2.68. The highest BCUT2D eigenvalue weighted by molar-refractivity contribution is 5.95. The molecule has 6 heteroatoms. The maximum absolute atomic E-state index is 12.1. The summed E-state index contributed by atoms with van der Waals surface area (Å²) in [5.74, 6) is 6.26. The Morgan fingerprint density at radius 3 is 2.89 bits per heavy atom. The quantitative estimate of drug-likeness (QED) is 0.575. The van der Waals surface area contributed by atoms with Crippen molar-refractivity contribution in [3.63, 3.8) is 0 Å². The second kappa shape index (κ2) is 5.53. The van der Waals surface area contributed by atoms with Crippen molar-refractivity contribution in [2.24, 2.45) is 5.84 Å². The predicted molar refractivity (Wildman–Crippen MR) is 71.4 cm³/mol. The second-order valence-corrected chi connectivity index (χ2v) is 4.24. The Labute approximate surface area is 111 Å². The zero-order chi connectivity index (χ0) is 13.8. The van der Waals surface area contributed by atoms with Gasteiger partial charge in [0.1, 0.15) is 11.6 Å². The summed E-state index contributed by atoms with van der Waals surface area (Å²) in [7, 11) is 0. The van der Waals surface area contributed by atoms with Crippen LogP contribution in [-0.4, -0.2) is 10.9 Å². The fraction of sp³-hybridized carbons (Fsp3) is 0.231. The average Bonchev–Trinajstić information content (AvgIpc) is 2.91. The molecule has 0 bridgehead atoms. The molecule has 1 unspecified atom stereocenters. The smallest absolute Gasteiger partial charge is 0.252 e. The molecule has 1 amide bonds. The van der Waals surface area contributed by atoms with Gasteiger partial charge in [0.25, 0.3) is 5.91 Å². The summed E-state index contributed by atoms with van der Waals surface area (Å²) in [5.41, 5.74) is 3.65. The van der Waals surface area contributed by atoms with Crippen LogP contribution in [0.3, 0.4) is 0 Å². The molecule has 0 saturated carbocycles. The monoisotopic (exact) mass is 260 g/mol. The van der Waals surface area contributed by atoms with Crippen molar-refractivity contribution in [3.8, 4) is 0 Å². The molecule has 0 aliphatic rings. The van der Waals surface area contributed by atoms with Gasteiger partial charge in [-0.15, -0.1) is 0 Å². The molecule has 0 aliphatic carbocycles. The van der Waals surface area contributed by atoms with Crippen LogP contribution in [-0.2, 0) is 0 Å². The van der Waals surface area contributed by atoms with Gasteiger partial charge in [0.05, 0.1) is 12.3 Å². The van der Waals surface area contributed by atoms with Crippen LogP contribution in [0.5, 0.6) is 0 Å². The Balaban J connectivity index is 2.13. The number of furan rings is 1. The molecule has 2 aromatic heterocycles. The van der Waals surface area contributed by atoms with E-state index >= 15 is 0 Å². The summed E-state index contributed by atoms with van der Waals surface area (Å²) in [6.07, 6.45) is 1.57. The number of nitrogens with zero attached hydrogens (tertiary/aromatic N) is 1. The first-order valence-electron chi connectivity index (χ1n) is 5.89. The predicted octanol–water partition coefficient (Wildman–Crippen LogP) is 1.76. The molecule has 4 N–H and O–H groups in total. The number of pyridine rings is 1. The molecular formula is C13H16N4O2. The Morgan fingerprint density at radius 1 is 1.47 bits per heavy atom. The summed E-state index contributed by atoms with van der Waals surface area (Å²) >= 11 is 0. The first-order chi connectivity index (χ1) is 9.10. The van der Waals surface area contributed by atoms with E-state index in [2.05, 4.69) is 15.7 Å². The van der Waals surface area contributed by atoms with Gasteiger partial charge in [-0.25, -0.2) is 10.8 Å². The van der Waals surface area contributed by atoms with E-state index < -0.39 is 0 Å². The molecule has 6 nitrogen and oxygen atoms in total. The lowest BCUT2D eigenvalue weighted by atomic mass is 10.2. The van der Waals surface area contributed by atoms with Crippen LogP contribution in [0, 0.1) is 6.92 Å². The van der Waals surface area contributed by atoms with Crippen molar-refractivity contribution < 1.29 is 9.21 Å². The molecule has 19 heavy (non-hydrogen) atoms. The number of nitrogens with two attached hydrogens (primary N) is 1. The lowest BCUT2D eigenvalue weighted by molar-refractivity contribution is 0.0935. The largest absolute Gasteiger partial charge is 0.467 e. The molecule has 0 aromatic carbocycles. The van der Waals surface area contributed by atoms with Gasteiger partial charge in [-0.05, 0) is 38.1 Å². The van der Waals surface area contributed by atoms with Crippen LogP contribution in [0.15, 0.2) is 34.9 Å². The van der Waals surface area contributed by atoms with Crippen LogP contribution in [0.1, 0.15) is 34.8 Å². The number of hydrazine groups is 1. The zero-order valence-electron chi connectivity index (χ0n) is 10.8. The number of hydrogen-bond donors (Lipinski definition) is 3. The molecular weight excluding hydrogens is 244 g/mol. The highest BCUT2D eigenvalue weighted by Gasteiger charge is 2.14. The van der Waals surface area contributed by atoms with Crippen molar-refractivity contribution in [1.29, 1.82) is 0 Å². The molecule has 0 saturated heterocycles. The SMILES string of the molecule is Cc1cc(C(=O)NC(C)c2ccco2)cc(NN)n1. The summed E-state index contributed by atoms with van der Waals surface area (Å²) < 4.78 is 5.24. The first kappa shape index (κ1) is 13.1. The van der Waals surface area contributed by atoms with E-state index in [0.29, 0.717) is 22.8 Å². The molecule has 2 aromatic rings. The van der Waals surface area contributed by atoms with Crippen LogP contribution in [0.25, 0.3) is 0 Å². The average molecular weight is 260 g/mol. The van der Waals surface area contributed by atoms with Crippen LogP contribution in [0.2, 0.25) is 0 Å². The van der Waals surface area contributed by atoms with E-state index in [1.165, 1.54) is 0 Å². The van der Waals surface area contributed by atoms with Gasteiger partial charge in [-0.2, -0.15) is 0 Å². The van der Waals surface area contributed by atoms with Crippen molar-refractivity contribution in [2.45, 2.75) is 19.9 Å². The van der Waals surface area contributed by atoms with Gasteiger partial charge in [0.2, 0.25) is 0 Å². The van der Waals surface area contributed by atoms with E-state index in [9.17, 15) is 4.79 Å². The molecule has 1 atom stereocenters. The van der Waals surface area contributed by atoms with E-state index in [0.717, 1.165) is 0 Å². The number of nitrogen functional groups attached to an aromatic ring is 1. The minimum atomic E-state index is -0.203. The number of aryl methyl sites for hydroxylation is 1. The topological polar surface area (TPSA) is 93.2 Å². The number of carbonyl (C=O) groups is 1. The summed E-state index contributed by atoms with van der Waals surface area (Å²) in [5, 5.41) is 2.85. The van der Waals surface area contributed by atoms with E-state index in [1.54, 1.807) is 31.4 Å². The fourth-order valence-corrected chi connectivity index (χ4v) is 1.76. The van der Waals surface area contributed by atoms with Gasteiger partial charge in [-0.3, -0.25) is 4.79 Å². The summed E-state index contributed by atoms with van der Waals surface area (Å²) in [6.45, 7) is 3.65. The molecule has 0 fully saturated rings. The maximum atomic E-state index is 12.1. The maximum Gasteiger partial charge on any atom is 0.252 e. The molecule has 2 heterocycles. The van der Waals surface area contributed by atoms with Crippen LogP contribution in [0.4, 0.5) is 5.82 Å². The van der Waals surface area contributed by atoms with Gasteiger partial charge < -0.3 is 15.2 Å². The Kier molecular flexibility index (Phi) is 3.82. The molecule has 2 rings (SSSR count). The normalized spacial score (nSPS) is 11.9. The number of aromatic nitrogens is 1. The van der Waals surface area contributed by atoms with Crippen LogP contribution < -0.4 is 16.6 Å². The van der Waals surface area contributed by atoms with Crippen molar-refractivity contribution in [2.75, 3.05) is 5.43 Å².